The van der Waals surface area contributed by atoms with E-state index < -0.39 is 28.9 Å². The summed E-state index contributed by atoms with van der Waals surface area (Å²) in [6, 6.07) is 17.1. The van der Waals surface area contributed by atoms with E-state index >= 15 is 0 Å². The van der Waals surface area contributed by atoms with Crippen LogP contribution in [0, 0.1) is 0 Å². The monoisotopic (exact) mass is 631 g/mol. The summed E-state index contributed by atoms with van der Waals surface area (Å²) < 4.78 is 83.1. The average Bonchev–Trinajstić information content (AvgIpc) is 3.19. The summed E-state index contributed by atoms with van der Waals surface area (Å²) in [5.41, 5.74) is 6.22. The molecule has 4 N–H and O–H groups in total. The molecule has 0 fully saturated rings. The van der Waals surface area contributed by atoms with Gasteiger partial charge in [0, 0.05) is 55.0 Å². The molecule has 0 saturated carbocycles. The molecule has 0 bridgehead atoms. The molecule has 0 aliphatic carbocycles. The van der Waals surface area contributed by atoms with Crippen LogP contribution in [-0.2, 0) is 22.6 Å². The number of hydrogen-bond acceptors (Lipinski definition) is 3. The molecule has 1 aliphatic rings. The number of alkyl halides is 6. The number of rotatable bonds is 12. The van der Waals surface area contributed by atoms with E-state index in [0.717, 1.165) is 46.9 Å². The molecule has 0 saturated heterocycles. The molecule has 1 aliphatic heterocycles. The highest BCUT2D eigenvalue weighted by Crippen LogP contribution is 2.42. The first kappa shape index (κ1) is 33.8. The zero-order chi connectivity index (χ0) is 32.8. The van der Waals surface area contributed by atoms with Crippen LogP contribution in [0.3, 0.4) is 0 Å². The van der Waals surface area contributed by atoms with Gasteiger partial charge in [-0.1, -0.05) is 18.2 Å². The van der Waals surface area contributed by atoms with Crippen LogP contribution in [0.25, 0.3) is 6.08 Å². The van der Waals surface area contributed by atoms with E-state index in [9.17, 15) is 31.1 Å². The molecule has 1 amide bonds. The molecule has 4 rings (SSSR count). The Labute approximate surface area is 258 Å². The molecule has 1 heterocycles. The fourth-order valence-electron chi connectivity index (χ4n) is 5.46. The number of nitrogens with one attached hydrogen (secondary N) is 2. The van der Waals surface area contributed by atoms with E-state index in [4.69, 9.17) is 5.73 Å². The smallest absolute Gasteiger partial charge is 0.356 e. The van der Waals surface area contributed by atoms with Crippen molar-refractivity contribution in [3.8, 4) is 0 Å². The number of hydrogen-bond donors (Lipinski definition) is 3. The fraction of sp³-hybridized carbons (Fsp3) is 0.353. The maximum atomic E-state index is 13.5. The quantitative estimate of drug-likeness (QED) is 0.107. The van der Waals surface area contributed by atoms with E-state index in [1.807, 2.05) is 62.4 Å². The number of anilines is 2. The molecule has 3 aromatic carbocycles. The second-order valence-electron chi connectivity index (χ2n) is 11.5. The van der Waals surface area contributed by atoms with Gasteiger partial charge in [-0.05, 0) is 80.8 Å². The van der Waals surface area contributed by atoms with Crippen molar-refractivity contribution in [1.29, 1.82) is 0 Å². The number of amides is 1. The topological polar surface area (TPSA) is 70.2 Å². The predicted octanol–water partition coefficient (Wildman–Crippen LogP) is 8.19. The van der Waals surface area contributed by atoms with E-state index in [-0.39, 0.29) is 17.5 Å². The van der Waals surface area contributed by atoms with Crippen molar-refractivity contribution >= 4 is 34.8 Å². The number of benzene rings is 3. The maximum Gasteiger partial charge on any atom is 0.416 e. The van der Waals surface area contributed by atoms with E-state index in [0.29, 0.717) is 38.9 Å². The van der Waals surface area contributed by atoms with Crippen molar-refractivity contribution in [2.45, 2.75) is 57.3 Å². The average molecular weight is 632 g/mol. The molecule has 0 spiro atoms. The van der Waals surface area contributed by atoms with Crippen LogP contribution in [-0.4, -0.2) is 35.8 Å². The molecule has 3 aromatic rings. The zero-order valence-corrected chi connectivity index (χ0v) is 25.2. The second kappa shape index (κ2) is 13.9. The van der Waals surface area contributed by atoms with E-state index in [1.54, 1.807) is 6.08 Å². The Hall–Kier alpha value is -4.12. The summed E-state index contributed by atoms with van der Waals surface area (Å²) in [6.07, 6.45) is -4.46. The number of carbonyl (C=O) groups excluding carboxylic acids is 1. The normalized spacial score (nSPS) is 14.6. The summed E-state index contributed by atoms with van der Waals surface area (Å²) in [4.78, 5) is 11.9. The van der Waals surface area contributed by atoms with Crippen LogP contribution in [0.1, 0.15) is 61.8 Å². The number of para-hydroxylation sites is 1. The Morgan fingerprint density at radius 2 is 1.51 bits per heavy atom. The molecule has 0 atom stereocenters. The molecule has 0 radical (unpaired) electrons. The Kier molecular flexibility index (Phi) is 10.4. The first-order chi connectivity index (χ1) is 21.2. The minimum Gasteiger partial charge on any atom is -0.356 e. The van der Waals surface area contributed by atoms with E-state index in [2.05, 4.69) is 15.2 Å². The lowest BCUT2D eigenvalue weighted by Crippen LogP contribution is -2.28. The summed E-state index contributed by atoms with van der Waals surface area (Å²) in [6.45, 7) is 5.28. The van der Waals surface area contributed by atoms with Crippen molar-refractivity contribution in [3.05, 3.63) is 95.1 Å². The van der Waals surface area contributed by atoms with Crippen LogP contribution in [0.5, 0.6) is 0 Å². The van der Waals surface area contributed by atoms with Gasteiger partial charge in [0.05, 0.1) is 16.5 Å². The summed E-state index contributed by atoms with van der Waals surface area (Å²) in [5, 5.41) is 6.12. The van der Waals surface area contributed by atoms with Crippen molar-refractivity contribution < 1.29 is 35.7 Å². The lowest BCUT2D eigenvalue weighted by molar-refractivity contribution is -0.438. The van der Waals surface area contributed by atoms with Gasteiger partial charge >= 0.3 is 12.4 Å². The van der Waals surface area contributed by atoms with Crippen molar-refractivity contribution in [1.82, 2.24) is 5.32 Å². The van der Waals surface area contributed by atoms with Crippen LogP contribution in [0.15, 0.2) is 72.8 Å². The number of carbonyl (C=O) groups is 1. The number of unbranched alkanes of at least 4 members (excludes halogenated alkanes) is 2. The lowest BCUT2D eigenvalue weighted by atomic mass is 9.81. The molecule has 11 heteroatoms. The number of fused-ring (bicyclic) bond motifs is 1. The highest BCUT2D eigenvalue weighted by molar-refractivity contribution is 6.05. The molecule has 5 nitrogen and oxygen atoms in total. The molecular formula is C34H37F6N4O+. The van der Waals surface area contributed by atoms with Gasteiger partial charge in [0.1, 0.15) is 6.54 Å². The summed E-state index contributed by atoms with van der Waals surface area (Å²) in [7, 11) is 0. The van der Waals surface area contributed by atoms with Gasteiger partial charge in [0.25, 0.3) is 0 Å². The molecular weight excluding hydrogens is 594 g/mol. The van der Waals surface area contributed by atoms with Gasteiger partial charge in [-0.15, -0.1) is 0 Å². The fourth-order valence-corrected chi connectivity index (χ4v) is 5.46. The van der Waals surface area contributed by atoms with Crippen LogP contribution in [0.4, 0.5) is 43.4 Å². The van der Waals surface area contributed by atoms with Crippen LogP contribution in [0.2, 0.25) is 0 Å². The first-order valence-electron chi connectivity index (χ1n) is 14.8. The molecule has 0 unspecified atom stereocenters. The summed E-state index contributed by atoms with van der Waals surface area (Å²) in [5.74, 6) is -0.0685. The Morgan fingerprint density at radius 1 is 0.844 bits per heavy atom. The van der Waals surface area contributed by atoms with Gasteiger partial charge < -0.3 is 16.4 Å². The minimum absolute atomic E-state index is 0.0685. The number of halogens is 6. The predicted molar refractivity (Wildman–Crippen MR) is 165 cm³/mol. The second-order valence-corrected chi connectivity index (χ2v) is 11.5. The van der Waals surface area contributed by atoms with Gasteiger partial charge in [0.2, 0.25) is 11.6 Å². The highest BCUT2D eigenvalue weighted by Gasteiger charge is 2.44. The number of allylic oxidation sites excluding steroid dienone is 1. The highest BCUT2D eigenvalue weighted by atomic mass is 19.4. The Morgan fingerprint density at radius 3 is 2.13 bits per heavy atom. The number of nitrogens with two attached hydrogens (primary N) is 1. The third kappa shape index (κ3) is 8.54. The van der Waals surface area contributed by atoms with E-state index in [1.165, 1.54) is 6.08 Å². The van der Waals surface area contributed by atoms with Gasteiger partial charge in [-0.3, -0.25) is 4.79 Å². The SMILES string of the molecule is CC1(C)C(/C=C/c2cc(C(F)(F)F)cc(C(F)(F)F)c2)=[N+](CCCCCC(=O)NCCN)c2ccc(Nc3ccccc3)cc21. The Balaban J connectivity index is 1.67. The van der Waals surface area contributed by atoms with Gasteiger partial charge in [-0.2, -0.15) is 30.9 Å². The van der Waals surface area contributed by atoms with Crippen LogP contribution < -0.4 is 16.4 Å². The first-order valence-corrected chi connectivity index (χ1v) is 14.8. The molecule has 45 heavy (non-hydrogen) atoms. The minimum atomic E-state index is -4.94. The van der Waals surface area contributed by atoms with Crippen molar-refractivity contribution in [2.24, 2.45) is 5.73 Å². The van der Waals surface area contributed by atoms with Crippen molar-refractivity contribution in [3.63, 3.8) is 0 Å². The standard InChI is InChI=1S/C34H36F6N4O/c1-32(2)28-22-27(43-26-9-5-3-6-10-26)13-14-29(28)44(18-8-4-7-11-31(45)42-17-16-41)30(32)15-12-23-19-24(33(35,36)37)21-25(20-23)34(38,39)40/h3,5-6,9-10,12-15,19-22,43H,4,7-8,11,16-18,41H2,1-2H3/p+1/b15-12+. The number of nitrogens with zero attached hydrogens (tertiary/aromatic N) is 1. The molecule has 0 aromatic heterocycles. The lowest BCUT2D eigenvalue weighted by Gasteiger charge is -2.17. The summed E-state index contributed by atoms with van der Waals surface area (Å²) >= 11 is 0. The third-order valence-electron chi connectivity index (χ3n) is 7.75. The van der Waals surface area contributed by atoms with Gasteiger partial charge in [-0.25, -0.2) is 0 Å². The van der Waals surface area contributed by atoms with Gasteiger partial charge in [0.15, 0.2) is 5.71 Å². The van der Waals surface area contributed by atoms with Crippen LogP contribution >= 0.6 is 0 Å². The Bertz CT molecular complexity index is 1530. The third-order valence-corrected chi connectivity index (χ3v) is 7.75. The largest absolute Gasteiger partial charge is 0.416 e. The zero-order valence-electron chi connectivity index (χ0n) is 25.2. The van der Waals surface area contributed by atoms with Crippen molar-refractivity contribution in [2.75, 3.05) is 25.0 Å². The maximum absolute atomic E-state index is 13.5. The molecule has 240 valence electrons.